The van der Waals surface area contributed by atoms with E-state index in [2.05, 4.69) is 21.2 Å². The van der Waals surface area contributed by atoms with E-state index in [-0.39, 0.29) is 11.9 Å². The van der Waals surface area contributed by atoms with E-state index in [0.29, 0.717) is 5.75 Å². The number of halogens is 2. The Balaban J connectivity index is 2.51. The van der Waals surface area contributed by atoms with Gasteiger partial charge in [-0.3, -0.25) is 0 Å². The Bertz CT molecular complexity index is 615. The minimum atomic E-state index is -0.271. The van der Waals surface area contributed by atoms with Crippen LogP contribution in [0.1, 0.15) is 22.7 Å². The molecule has 2 nitrogen and oxygen atoms in total. The molecule has 1 atom stereocenters. The molecule has 1 N–H and O–H groups in total. The second kappa shape index (κ2) is 6.37. The van der Waals surface area contributed by atoms with E-state index in [4.69, 9.17) is 4.74 Å². The van der Waals surface area contributed by atoms with Crippen LogP contribution in [0.3, 0.4) is 0 Å². The van der Waals surface area contributed by atoms with Gasteiger partial charge in [-0.25, -0.2) is 4.39 Å². The van der Waals surface area contributed by atoms with Crippen molar-refractivity contribution in [3.63, 3.8) is 0 Å². The van der Waals surface area contributed by atoms with E-state index >= 15 is 0 Å². The van der Waals surface area contributed by atoms with Crippen molar-refractivity contribution in [2.45, 2.75) is 13.0 Å². The molecule has 2 aromatic carbocycles. The Kier molecular flexibility index (Phi) is 4.78. The van der Waals surface area contributed by atoms with Crippen LogP contribution < -0.4 is 10.1 Å². The van der Waals surface area contributed by atoms with Crippen molar-refractivity contribution in [3.8, 4) is 5.75 Å². The molecular formula is C16H17BrFNO. The quantitative estimate of drug-likeness (QED) is 0.902. The Morgan fingerprint density at radius 1 is 1.20 bits per heavy atom. The van der Waals surface area contributed by atoms with E-state index in [1.54, 1.807) is 13.2 Å². The van der Waals surface area contributed by atoms with E-state index < -0.39 is 0 Å². The first-order valence-electron chi connectivity index (χ1n) is 6.33. The maximum absolute atomic E-state index is 13.5. The lowest BCUT2D eigenvalue weighted by molar-refractivity contribution is 0.404. The Labute approximate surface area is 127 Å². The van der Waals surface area contributed by atoms with E-state index in [1.165, 1.54) is 12.1 Å². The maximum Gasteiger partial charge on any atom is 0.124 e. The van der Waals surface area contributed by atoms with Gasteiger partial charge in [-0.2, -0.15) is 0 Å². The molecule has 0 fully saturated rings. The number of hydrogen-bond donors (Lipinski definition) is 1. The summed E-state index contributed by atoms with van der Waals surface area (Å²) in [4.78, 5) is 0. The van der Waals surface area contributed by atoms with Crippen molar-refractivity contribution in [2.75, 3.05) is 14.2 Å². The van der Waals surface area contributed by atoms with Crippen LogP contribution in [0.5, 0.6) is 5.75 Å². The van der Waals surface area contributed by atoms with Crippen molar-refractivity contribution >= 4 is 15.9 Å². The van der Waals surface area contributed by atoms with Crippen molar-refractivity contribution in [2.24, 2.45) is 0 Å². The standard InChI is InChI=1S/C16H17BrFNO/c1-10-4-5-11(8-14(10)17)16(19-2)13-9-12(18)6-7-15(13)20-3/h4-9,16,19H,1-3H3. The lowest BCUT2D eigenvalue weighted by atomic mass is 9.97. The van der Waals surface area contributed by atoms with Gasteiger partial charge in [0, 0.05) is 10.0 Å². The average Bonchev–Trinajstić information content (AvgIpc) is 2.44. The highest BCUT2D eigenvalue weighted by Gasteiger charge is 2.18. The molecular weight excluding hydrogens is 321 g/mol. The summed E-state index contributed by atoms with van der Waals surface area (Å²) in [6, 6.07) is 10.5. The fourth-order valence-corrected chi connectivity index (χ4v) is 2.62. The third-order valence-corrected chi connectivity index (χ3v) is 4.17. The summed E-state index contributed by atoms with van der Waals surface area (Å²) < 4.78 is 19.9. The van der Waals surface area contributed by atoms with Gasteiger partial charge >= 0.3 is 0 Å². The molecule has 0 heterocycles. The van der Waals surface area contributed by atoms with Crippen LogP contribution in [0.2, 0.25) is 0 Å². The molecule has 0 aliphatic carbocycles. The zero-order valence-electron chi connectivity index (χ0n) is 11.7. The minimum Gasteiger partial charge on any atom is -0.496 e. The van der Waals surface area contributed by atoms with Crippen molar-refractivity contribution in [1.82, 2.24) is 5.32 Å². The lowest BCUT2D eigenvalue weighted by Gasteiger charge is -2.20. The molecule has 0 saturated carbocycles. The molecule has 0 bridgehead atoms. The van der Waals surface area contributed by atoms with Crippen LogP contribution in [0.25, 0.3) is 0 Å². The molecule has 2 aromatic rings. The minimum absolute atomic E-state index is 0.127. The largest absolute Gasteiger partial charge is 0.496 e. The van der Waals surface area contributed by atoms with Gasteiger partial charge in [-0.1, -0.05) is 28.1 Å². The number of nitrogens with one attached hydrogen (secondary N) is 1. The number of methoxy groups -OCH3 is 1. The summed E-state index contributed by atoms with van der Waals surface area (Å²) in [7, 11) is 3.44. The highest BCUT2D eigenvalue weighted by atomic mass is 79.9. The average molecular weight is 338 g/mol. The molecule has 0 aromatic heterocycles. The third-order valence-electron chi connectivity index (χ3n) is 3.32. The second-order valence-electron chi connectivity index (χ2n) is 4.62. The number of ether oxygens (including phenoxy) is 1. The van der Waals surface area contributed by atoms with Gasteiger partial charge in [0.15, 0.2) is 0 Å². The monoisotopic (exact) mass is 337 g/mol. The molecule has 0 spiro atoms. The second-order valence-corrected chi connectivity index (χ2v) is 5.47. The summed E-state index contributed by atoms with van der Waals surface area (Å²) in [6.07, 6.45) is 0. The summed E-state index contributed by atoms with van der Waals surface area (Å²) >= 11 is 3.53. The van der Waals surface area contributed by atoms with Crippen LogP contribution in [0.4, 0.5) is 4.39 Å². The number of aryl methyl sites for hydroxylation is 1. The Morgan fingerprint density at radius 2 is 1.95 bits per heavy atom. The van der Waals surface area contributed by atoms with Crippen LogP contribution in [0, 0.1) is 12.7 Å². The Hall–Kier alpha value is -1.39. The van der Waals surface area contributed by atoms with Gasteiger partial charge in [0.25, 0.3) is 0 Å². The summed E-state index contributed by atoms with van der Waals surface area (Å²) in [5, 5.41) is 3.22. The topological polar surface area (TPSA) is 21.3 Å². The third kappa shape index (κ3) is 3.02. The van der Waals surface area contributed by atoms with Crippen LogP contribution in [-0.4, -0.2) is 14.2 Å². The highest BCUT2D eigenvalue weighted by Crippen LogP contribution is 2.32. The van der Waals surface area contributed by atoms with Crippen LogP contribution in [0.15, 0.2) is 40.9 Å². The zero-order chi connectivity index (χ0) is 14.7. The predicted octanol–water partition coefficient (Wildman–Crippen LogP) is 4.21. The molecule has 0 aliphatic rings. The highest BCUT2D eigenvalue weighted by molar-refractivity contribution is 9.10. The predicted molar refractivity (Wildman–Crippen MR) is 82.7 cm³/mol. The first-order chi connectivity index (χ1) is 9.56. The fraction of sp³-hybridized carbons (Fsp3) is 0.250. The molecule has 20 heavy (non-hydrogen) atoms. The molecule has 4 heteroatoms. The smallest absolute Gasteiger partial charge is 0.124 e. The van der Waals surface area contributed by atoms with Crippen LogP contribution in [-0.2, 0) is 0 Å². The Morgan fingerprint density at radius 3 is 2.55 bits per heavy atom. The van der Waals surface area contributed by atoms with Crippen molar-refractivity contribution in [3.05, 3.63) is 63.4 Å². The molecule has 2 rings (SSSR count). The lowest BCUT2D eigenvalue weighted by Crippen LogP contribution is -2.18. The summed E-state index contributed by atoms with van der Waals surface area (Å²) in [5.41, 5.74) is 2.99. The van der Waals surface area contributed by atoms with Gasteiger partial charge < -0.3 is 10.1 Å². The van der Waals surface area contributed by atoms with Gasteiger partial charge in [0.1, 0.15) is 11.6 Å². The van der Waals surface area contributed by atoms with E-state index in [9.17, 15) is 4.39 Å². The molecule has 106 valence electrons. The van der Waals surface area contributed by atoms with Crippen molar-refractivity contribution < 1.29 is 9.13 Å². The maximum atomic E-state index is 13.5. The van der Waals surface area contributed by atoms with E-state index in [1.807, 2.05) is 32.2 Å². The summed E-state index contributed by atoms with van der Waals surface area (Å²) in [5.74, 6) is 0.398. The molecule has 0 saturated heterocycles. The van der Waals surface area contributed by atoms with Crippen LogP contribution >= 0.6 is 15.9 Å². The van der Waals surface area contributed by atoms with Gasteiger partial charge in [-0.05, 0) is 49.4 Å². The number of rotatable bonds is 4. The molecule has 1 unspecified atom stereocenters. The summed E-state index contributed by atoms with van der Waals surface area (Å²) in [6.45, 7) is 2.03. The molecule has 0 amide bonds. The van der Waals surface area contributed by atoms with Gasteiger partial charge in [-0.15, -0.1) is 0 Å². The van der Waals surface area contributed by atoms with Gasteiger partial charge in [0.2, 0.25) is 0 Å². The first-order valence-corrected chi connectivity index (χ1v) is 7.13. The first kappa shape index (κ1) is 15.0. The number of hydrogen-bond acceptors (Lipinski definition) is 2. The normalized spacial score (nSPS) is 12.2. The van der Waals surface area contributed by atoms with Crippen molar-refractivity contribution in [1.29, 1.82) is 0 Å². The molecule has 0 radical (unpaired) electrons. The fourth-order valence-electron chi connectivity index (χ4n) is 2.22. The number of benzene rings is 2. The SMILES string of the molecule is CNC(c1ccc(C)c(Br)c1)c1cc(F)ccc1OC. The molecule has 0 aliphatic heterocycles. The zero-order valence-corrected chi connectivity index (χ0v) is 13.3. The van der Waals surface area contributed by atoms with E-state index in [0.717, 1.165) is 21.2 Å². The van der Waals surface area contributed by atoms with Gasteiger partial charge in [0.05, 0.1) is 13.2 Å².